The Labute approximate surface area is 141 Å². The van der Waals surface area contributed by atoms with Crippen molar-refractivity contribution in [1.29, 1.82) is 0 Å². The van der Waals surface area contributed by atoms with Crippen LogP contribution in [-0.2, 0) is 19.1 Å². The molecule has 1 aliphatic rings. The summed E-state index contributed by atoms with van der Waals surface area (Å²) in [6.07, 6.45) is -0.177. The minimum atomic E-state index is -0.801. The molecule has 2 rings (SSSR count). The van der Waals surface area contributed by atoms with Gasteiger partial charge < -0.3 is 20.3 Å². The topological polar surface area (TPSA) is 87.7 Å². The van der Waals surface area contributed by atoms with E-state index in [1.165, 1.54) is 0 Å². The molecule has 1 aliphatic heterocycles. The predicted octanol–water partition coefficient (Wildman–Crippen LogP) is 0.227. The SMILES string of the molecule is CC(C)NC(=O)C(=O)NCC(=O)N1CCOC(c2ccccc2)C1. The molecular weight excluding hydrogens is 310 g/mol. The third-order valence-corrected chi connectivity index (χ3v) is 3.62. The fraction of sp³-hybridized carbons (Fsp3) is 0.471. The van der Waals surface area contributed by atoms with Crippen LogP contribution in [0.15, 0.2) is 30.3 Å². The van der Waals surface area contributed by atoms with Gasteiger partial charge in [0.1, 0.15) is 6.10 Å². The molecule has 3 amide bonds. The van der Waals surface area contributed by atoms with Crippen LogP contribution >= 0.6 is 0 Å². The van der Waals surface area contributed by atoms with E-state index in [0.717, 1.165) is 5.56 Å². The smallest absolute Gasteiger partial charge is 0.309 e. The Morgan fingerprint density at radius 3 is 2.58 bits per heavy atom. The highest BCUT2D eigenvalue weighted by Gasteiger charge is 2.26. The molecule has 2 N–H and O–H groups in total. The number of amides is 3. The average molecular weight is 333 g/mol. The van der Waals surface area contributed by atoms with Crippen molar-refractivity contribution in [2.75, 3.05) is 26.2 Å². The number of benzene rings is 1. The van der Waals surface area contributed by atoms with Crippen LogP contribution in [0.1, 0.15) is 25.5 Å². The van der Waals surface area contributed by atoms with Gasteiger partial charge in [-0.1, -0.05) is 30.3 Å². The summed E-state index contributed by atoms with van der Waals surface area (Å²) >= 11 is 0. The summed E-state index contributed by atoms with van der Waals surface area (Å²) in [6, 6.07) is 9.55. The van der Waals surface area contributed by atoms with E-state index in [-0.39, 0.29) is 24.6 Å². The molecule has 7 heteroatoms. The second-order valence-corrected chi connectivity index (χ2v) is 5.92. The van der Waals surface area contributed by atoms with Crippen LogP contribution < -0.4 is 10.6 Å². The average Bonchev–Trinajstić information content (AvgIpc) is 2.59. The van der Waals surface area contributed by atoms with Crippen molar-refractivity contribution in [3.05, 3.63) is 35.9 Å². The Hall–Kier alpha value is -2.41. The van der Waals surface area contributed by atoms with Crippen molar-refractivity contribution in [2.24, 2.45) is 0 Å². The molecule has 0 radical (unpaired) electrons. The highest BCUT2D eigenvalue weighted by molar-refractivity contribution is 6.35. The standard InChI is InChI=1S/C17H23N3O4/c1-12(2)19-17(23)16(22)18-10-15(21)20-8-9-24-14(11-20)13-6-4-3-5-7-13/h3-7,12,14H,8-11H2,1-2H3,(H,18,22)(H,19,23). The first kappa shape index (κ1) is 17.9. The number of nitrogens with one attached hydrogen (secondary N) is 2. The van der Waals surface area contributed by atoms with E-state index in [1.54, 1.807) is 18.7 Å². The Morgan fingerprint density at radius 2 is 1.92 bits per heavy atom. The van der Waals surface area contributed by atoms with Crippen molar-refractivity contribution >= 4 is 17.7 Å². The molecule has 1 heterocycles. The molecule has 0 bridgehead atoms. The van der Waals surface area contributed by atoms with Crippen molar-refractivity contribution in [1.82, 2.24) is 15.5 Å². The Morgan fingerprint density at radius 1 is 1.21 bits per heavy atom. The predicted molar refractivity (Wildman–Crippen MR) is 88.0 cm³/mol. The summed E-state index contributed by atoms with van der Waals surface area (Å²) < 4.78 is 5.71. The van der Waals surface area contributed by atoms with E-state index in [0.29, 0.717) is 19.7 Å². The number of hydrogen-bond donors (Lipinski definition) is 2. The molecule has 7 nitrogen and oxygen atoms in total. The summed E-state index contributed by atoms with van der Waals surface area (Å²) in [4.78, 5) is 37.0. The van der Waals surface area contributed by atoms with Gasteiger partial charge in [-0.25, -0.2) is 0 Å². The molecule has 24 heavy (non-hydrogen) atoms. The van der Waals surface area contributed by atoms with Crippen molar-refractivity contribution in [3.8, 4) is 0 Å². The van der Waals surface area contributed by atoms with Crippen LogP contribution in [0.4, 0.5) is 0 Å². The van der Waals surface area contributed by atoms with Gasteiger partial charge in [-0.3, -0.25) is 14.4 Å². The van der Waals surface area contributed by atoms with E-state index >= 15 is 0 Å². The van der Waals surface area contributed by atoms with Crippen LogP contribution in [-0.4, -0.2) is 54.9 Å². The first-order valence-corrected chi connectivity index (χ1v) is 8.00. The van der Waals surface area contributed by atoms with Crippen LogP contribution in [0.25, 0.3) is 0 Å². The third kappa shape index (κ3) is 5.06. The molecule has 1 unspecified atom stereocenters. The number of carbonyl (C=O) groups excluding carboxylic acids is 3. The van der Waals surface area contributed by atoms with Crippen molar-refractivity contribution in [2.45, 2.75) is 26.0 Å². The fourth-order valence-corrected chi connectivity index (χ4v) is 2.42. The molecule has 130 valence electrons. The maximum Gasteiger partial charge on any atom is 0.309 e. The molecule has 1 aromatic carbocycles. The van der Waals surface area contributed by atoms with Gasteiger partial charge in [0.05, 0.1) is 19.7 Å². The summed E-state index contributed by atoms with van der Waals surface area (Å²) in [5.74, 6) is -1.77. The molecule has 1 atom stereocenters. The lowest BCUT2D eigenvalue weighted by molar-refractivity contribution is -0.142. The Bertz CT molecular complexity index is 589. The molecular formula is C17H23N3O4. The monoisotopic (exact) mass is 333 g/mol. The molecule has 1 fully saturated rings. The van der Waals surface area contributed by atoms with E-state index in [9.17, 15) is 14.4 Å². The molecule has 1 saturated heterocycles. The fourth-order valence-electron chi connectivity index (χ4n) is 2.42. The van der Waals surface area contributed by atoms with E-state index in [1.807, 2.05) is 30.3 Å². The van der Waals surface area contributed by atoms with Crippen LogP contribution in [0, 0.1) is 0 Å². The van der Waals surface area contributed by atoms with Gasteiger partial charge in [0.2, 0.25) is 5.91 Å². The minimum Gasteiger partial charge on any atom is -0.370 e. The number of hydrogen-bond acceptors (Lipinski definition) is 4. The second kappa shape index (κ2) is 8.44. The third-order valence-electron chi connectivity index (χ3n) is 3.62. The van der Waals surface area contributed by atoms with Gasteiger partial charge in [0, 0.05) is 12.6 Å². The lowest BCUT2D eigenvalue weighted by atomic mass is 10.1. The lowest BCUT2D eigenvalue weighted by Gasteiger charge is -2.33. The van der Waals surface area contributed by atoms with Gasteiger partial charge in [0.25, 0.3) is 0 Å². The first-order chi connectivity index (χ1) is 11.5. The maximum absolute atomic E-state index is 12.2. The number of ether oxygens (including phenoxy) is 1. The molecule has 0 spiro atoms. The van der Waals surface area contributed by atoms with Gasteiger partial charge in [-0.2, -0.15) is 0 Å². The zero-order valence-corrected chi connectivity index (χ0v) is 14.0. The molecule has 0 aliphatic carbocycles. The van der Waals surface area contributed by atoms with Crippen molar-refractivity contribution in [3.63, 3.8) is 0 Å². The van der Waals surface area contributed by atoms with Gasteiger partial charge >= 0.3 is 11.8 Å². The molecule has 0 saturated carbocycles. The number of nitrogens with zero attached hydrogens (tertiary/aromatic N) is 1. The Balaban J connectivity index is 1.84. The van der Waals surface area contributed by atoms with Crippen LogP contribution in [0.5, 0.6) is 0 Å². The largest absolute Gasteiger partial charge is 0.370 e. The van der Waals surface area contributed by atoms with E-state index < -0.39 is 11.8 Å². The lowest BCUT2D eigenvalue weighted by Crippen LogP contribution is -2.49. The number of morpholine rings is 1. The van der Waals surface area contributed by atoms with Gasteiger partial charge in [0.15, 0.2) is 0 Å². The zero-order chi connectivity index (χ0) is 17.5. The molecule has 1 aromatic rings. The summed E-state index contributed by atoms with van der Waals surface area (Å²) in [5.41, 5.74) is 1.01. The van der Waals surface area contributed by atoms with Crippen LogP contribution in [0.3, 0.4) is 0 Å². The minimum absolute atomic E-state index is 0.134. The summed E-state index contributed by atoms with van der Waals surface area (Å²) in [6.45, 7) is 4.65. The quantitative estimate of drug-likeness (QED) is 0.772. The van der Waals surface area contributed by atoms with Gasteiger partial charge in [-0.05, 0) is 19.4 Å². The highest BCUT2D eigenvalue weighted by Crippen LogP contribution is 2.21. The number of rotatable bonds is 4. The normalized spacial score (nSPS) is 17.5. The summed E-state index contributed by atoms with van der Waals surface area (Å²) in [5, 5.41) is 4.83. The zero-order valence-electron chi connectivity index (χ0n) is 14.0. The van der Waals surface area contributed by atoms with Crippen molar-refractivity contribution < 1.29 is 19.1 Å². The number of carbonyl (C=O) groups is 3. The van der Waals surface area contributed by atoms with Gasteiger partial charge in [-0.15, -0.1) is 0 Å². The summed E-state index contributed by atoms with van der Waals surface area (Å²) in [7, 11) is 0. The maximum atomic E-state index is 12.2. The highest BCUT2D eigenvalue weighted by atomic mass is 16.5. The molecule has 0 aromatic heterocycles. The Kier molecular flexibility index (Phi) is 6.31. The van der Waals surface area contributed by atoms with E-state index in [4.69, 9.17) is 4.74 Å². The second-order valence-electron chi connectivity index (χ2n) is 5.92. The first-order valence-electron chi connectivity index (χ1n) is 8.00. The van der Waals surface area contributed by atoms with Crippen LogP contribution in [0.2, 0.25) is 0 Å². The van der Waals surface area contributed by atoms with E-state index in [2.05, 4.69) is 10.6 Å².